The fraction of sp³-hybridized carbons (Fsp3) is 0.946. The van der Waals surface area contributed by atoms with Crippen LogP contribution in [0.1, 0.15) is 138 Å². The second-order valence-electron chi connectivity index (χ2n) is 17.5. The molecule has 0 radical (unpaired) electrons. The molecular weight excluding hydrogens is 556 g/mol. The standard InChI is InChI=1S/2C18H30O.CH4O3S/c1-16(2)14-6-5-13(11-14)15(16)18-8-4-7-17(3,9-10-18)19-12-18;1-13-5-4-9-18(12-19,10-8-13)16-14-6-7-15(11-14)17(16,2)3;1-5-4-3-2/h13-15H,4-12H2,1-3H3;8,14-16,19H,4-7,9-12H2,1-3H3;2H,1H3. The summed E-state index contributed by atoms with van der Waals surface area (Å²) in [6.07, 6.45) is 24.7. The van der Waals surface area contributed by atoms with Crippen molar-refractivity contribution in [3.63, 3.8) is 0 Å². The van der Waals surface area contributed by atoms with E-state index in [2.05, 4.69) is 57.0 Å². The molecule has 6 bridgehead atoms. The van der Waals surface area contributed by atoms with E-state index in [4.69, 9.17) is 9.99 Å². The van der Waals surface area contributed by atoms with Gasteiger partial charge in [-0.3, -0.25) is 0 Å². The summed E-state index contributed by atoms with van der Waals surface area (Å²) in [6.45, 7) is 16.2. The molecule has 2 saturated heterocycles. The molecule has 2 aliphatic heterocycles. The number of hydrogen-bond donors (Lipinski definition) is 2. The highest BCUT2D eigenvalue weighted by atomic mass is 32.2. The predicted molar refractivity (Wildman–Crippen MR) is 176 cm³/mol. The summed E-state index contributed by atoms with van der Waals surface area (Å²) in [7, 11) is 0. The van der Waals surface area contributed by atoms with Crippen LogP contribution in [0.3, 0.4) is 0 Å². The van der Waals surface area contributed by atoms with Gasteiger partial charge in [0.2, 0.25) is 0 Å². The maximum atomic E-state index is 10.2. The highest BCUT2D eigenvalue weighted by Gasteiger charge is 2.62. The summed E-state index contributed by atoms with van der Waals surface area (Å²) < 4.78 is 10.2. The van der Waals surface area contributed by atoms with Crippen molar-refractivity contribution in [3.05, 3.63) is 11.6 Å². The van der Waals surface area contributed by atoms with Crippen molar-refractivity contribution in [1.82, 2.24) is 0 Å². The second kappa shape index (κ2) is 13.2. The minimum atomic E-state index is 0.182. The Bertz CT molecular complexity index is 966. The van der Waals surface area contributed by atoms with Crippen molar-refractivity contribution >= 4 is 12.0 Å². The maximum absolute atomic E-state index is 10.2. The summed E-state index contributed by atoms with van der Waals surface area (Å²) in [5.74, 6) is 5.52. The third-order valence-corrected chi connectivity index (χ3v) is 14.9. The van der Waals surface area contributed by atoms with Crippen LogP contribution < -0.4 is 0 Å². The van der Waals surface area contributed by atoms with E-state index in [1.165, 1.54) is 95.5 Å². The molecule has 0 amide bonds. The lowest BCUT2D eigenvalue weighted by Crippen LogP contribution is -2.49. The fourth-order valence-electron chi connectivity index (χ4n) is 12.7. The van der Waals surface area contributed by atoms with E-state index < -0.39 is 0 Å². The van der Waals surface area contributed by atoms with E-state index >= 15 is 0 Å². The van der Waals surface area contributed by atoms with Crippen molar-refractivity contribution < 1.29 is 24.5 Å². The molecule has 5 nitrogen and oxygen atoms in total. The van der Waals surface area contributed by atoms with E-state index in [-0.39, 0.29) is 11.0 Å². The molecule has 2 heterocycles. The number of rotatable bonds is 5. The van der Waals surface area contributed by atoms with Gasteiger partial charge in [-0.1, -0.05) is 44.4 Å². The summed E-state index contributed by atoms with van der Waals surface area (Å²) in [6, 6.07) is 0. The number of allylic oxidation sites excluding steroid dienone is 2. The van der Waals surface area contributed by atoms with Crippen LogP contribution in [0.4, 0.5) is 0 Å². The van der Waals surface area contributed by atoms with Gasteiger partial charge >= 0.3 is 0 Å². The molecule has 6 heteroatoms. The molecule has 0 aromatic heterocycles. The quantitative estimate of drug-likeness (QED) is 0.138. The Kier molecular flexibility index (Phi) is 10.5. The molecule has 2 N–H and O–H groups in total. The minimum Gasteiger partial charge on any atom is -0.396 e. The van der Waals surface area contributed by atoms with Crippen LogP contribution in [0.15, 0.2) is 11.6 Å². The topological polar surface area (TPSA) is 68.2 Å². The Hall–Kier alpha value is -0.110. The van der Waals surface area contributed by atoms with Crippen LogP contribution in [0.5, 0.6) is 0 Å². The zero-order chi connectivity index (χ0) is 31.1. The summed E-state index contributed by atoms with van der Waals surface area (Å²) in [5, 5.41) is 20.7. The Labute approximate surface area is 267 Å². The first-order chi connectivity index (χ1) is 20.4. The zero-order valence-electron chi connectivity index (χ0n) is 28.6. The molecule has 0 spiro atoms. The predicted octanol–water partition coefficient (Wildman–Crippen LogP) is 10.0. The Morgan fingerprint density at radius 3 is 2.00 bits per heavy atom. The molecule has 248 valence electrons. The van der Waals surface area contributed by atoms with Gasteiger partial charge in [0.15, 0.2) is 0 Å². The van der Waals surface area contributed by atoms with Crippen LogP contribution in [-0.4, -0.2) is 35.4 Å². The number of aliphatic hydroxyl groups excluding tert-OH is 1. The lowest BCUT2D eigenvalue weighted by atomic mass is 9.55. The van der Waals surface area contributed by atoms with Crippen LogP contribution in [0.25, 0.3) is 0 Å². The first-order valence-electron chi connectivity index (χ1n) is 17.8. The van der Waals surface area contributed by atoms with E-state index in [0.29, 0.717) is 22.9 Å². The van der Waals surface area contributed by atoms with Gasteiger partial charge in [0, 0.05) is 30.3 Å². The Morgan fingerprint density at radius 2 is 1.51 bits per heavy atom. The average Bonchev–Trinajstić information content (AvgIpc) is 3.67. The lowest BCUT2D eigenvalue weighted by molar-refractivity contribution is -0.432. The molecule has 43 heavy (non-hydrogen) atoms. The zero-order valence-corrected chi connectivity index (χ0v) is 29.4. The lowest BCUT2D eigenvalue weighted by Gasteiger charge is -2.53. The van der Waals surface area contributed by atoms with Crippen molar-refractivity contribution in [2.24, 2.45) is 57.2 Å². The molecule has 8 rings (SSSR count). The van der Waals surface area contributed by atoms with E-state index in [0.717, 1.165) is 60.6 Å². The average molecular weight is 621 g/mol. The molecule has 8 aliphatic rings. The number of fused-ring (bicyclic) bond motifs is 8. The number of hydrogen-bond acceptors (Lipinski definition) is 6. The maximum Gasteiger partial charge on any atom is 0.0655 e. The Morgan fingerprint density at radius 1 is 0.860 bits per heavy atom. The van der Waals surface area contributed by atoms with Crippen LogP contribution in [0, 0.1) is 57.2 Å². The van der Waals surface area contributed by atoms with Gasteiger partial charge in [-0.25, -0.2) is 5.26 Å². The normalized spacial score (nSPS) is 45.4. The first kappa shape index (κ1) is 34.2. The van der Waals surface area contributed by atoms with Crippen LogP contribution in [-0.2, 0) is 14.1 Å². The van der Waals surface area contributed by atoms with Gasteiger partial charge in [0.25, 0.3) is 0 Å². The highest BCUT2D eigenvalue weighted by Crippen LogP contribution is 2.68. The van der Waals surface area contributed by atoms with Gasteiger partial charge in [-0.2, -0.15) is 0 Å². The van der Waals surface area contributed by atoms with E-state index in [1.54, 1.807) is 6.26 Å². The highest BCUT2D eigenvalue weighted by molar-refractivity contribution is 7.93. The number of ether oxygens (including phenoxy) is 1. The van der Waals surface area contributed by atoms with Crippen molar-refractivity contribution in [2.75, 3.05) is 19.5 Å². The number of aliphatic hydroxyl groups is 1. The van der Waals surface area contributed by atoms with Gasteiger partial charge in [-0.15, -0.1) is 4.33 Å². The molecule has 0 aromatic carbocycles. The minimum absolute atomic E-state index is 0.182. The summed E-state index contributed by atoms with van der Waals surface area (Å²) in [4.78, 5) is 0. The summed E-state index contributed by atoms with van der Waals surface area (Å²) >= 11 is 0.929. The first-order valence-corrected chi connectivity index (χ1v) is 18.9. The molecule has 9 atom stereocenters. The van der Waals surface area contributed by atoms with Gasteiger partial charge < -0.3 is 9.84 Å². The fourth-order valence-corrected chi connectivity index (χ4v) is 12.8. The smallest absolute Gasteiger partial charge is 0.0655 e. The van der Waals surface area contributed by atoms with Gasteiger partial charge in [0.05, 0.1) is 12.2 Å². The largest absolute Gasteiger partial charge is 0.396 e. The molecule has 7 fully saturated rings. The molecule has 9 unspecified atom stereocenters. The van der Waals surface area contributed by atoms with Crippen LogP contribution in [0.2, 0.25) is 0 Å². The third kappa shape index (κ3) is 6.42. The molecule has 6 aliphatic carbocycles. The molecular formula is C37H64O5S. The second-order valence-corrected chi connectivity index (χ2v) is 18.0. The van der Waals surface area contributed by atoms with E-state index in [9.17, 15) is 5.11 Å². The van der Waals surface area contributed by atoms with Crippen molar-refractivity contribution in [1.29, 1.82) is 0 Å². The van der Waals surface area contributed by atoms with E-state index in [1.807, 2.05) is 0 Å². The van der Waals surface area contributed by atoms with Crippen molar-refractivity contribution in [3.8, 4) is 0 Å². The van der Waals surface area contributed by atoms with Crippen molar-refractivity contribution in [2.45, 2.75) is 143 Å². The molecule has 0 aromatic rings. The molecule has 5 saturated carbocycles. The Balaban J connectivity index is 0.000000149. The van der Waals surface area contributed by atoms with Gasteiger partial charge in [-0.05, 0) is 162 Å². The third-order valence-electron chi connectivity index (χ3n) is 14.7. The summed E-state index contributed by atoms with van der Waals surface area (Å²) in [5.41, 5.74) is 3.50. The SMILES string of the molecule is CC12CCCC(C3C4CCC(C4)C3(C)C)(CC1)CO2.CC1=CCC(CO)(C2C3CCC(C3)C2(C)C)CCC1.CSOOO. The monoisotopic (exact) mass is 620 g/mol. The van der Waals surface area contributed by atoms with Gasteiger partial charge in [0.1, 0.15) is 0 Å². The van der Waals surface area contributed by atoms with Crippen LogP contribution >= 0.6 is 12.0 Å².